The van der Waals surface area contributed by atoms with E-state index in [0.717, 1.165) is 0 Å². The Morgan fingerprint density at radius 2 is 2.14 bits per heavy atom. The maximum absolute atomic E-state index is 13.3. The van der Waals surface area contributed by atoms with E-state index in [1.165, 1.54) is 23.1 Å². The first-order valence-electron chi connectivity index (χ1n) is 6.95. The van der Waals surface area contributed by atoms with Gasteiger partial charge in [0, 0.05) is 24.9 Å². The maximum Gasteiger partial charge on any atom is 0.302 e. The molecule has 8 heteroatoms. The quantitative estimate of drug-likeness (QED) is 0.749. The molecule has 122 valence electrons. The number of ether oxygens (including phenoxy) is 1. The van der Waals surface area contributed by atoms with Crippen molar-refractivity contribution in [2.75, 3.05) is 23.8 Å². The van der Waals surface area contributed by atoms with Gasteiger partial charge in [-0.25, -0.2) is 4.39 Å². The Kier molecular flexibility index (Phi) is 5.00. The zero-order valence-corrected chi connectivity index (χ0v) is 12.9. The number of carbonyl (C=O) groups excluding carboxylic acids is 1. The average molecular weight is 333 g/mol. The lowest BCUT2D eigenvalue weighted by atomic mass is 10.1. The molecule has 0 spiro atoms. The number of hydrogen-bond acceptors (Lipinski definition) is 4. The fourth-order valence-corrected chi connectivity index (χ4v) is 3.23. The summed E-state index contributed by atoms with van der Waals surface area (Å²) >= 11 is 0. The summed E-state index contributed by atoms with van der Waals surface area (Å²) in [5.74, 6) is -1.92. The number of amides is 1. The highest BCUT2D eigenvalue weighted by molar-refractivity contribution is 7.86. The molecule has 1 aromatic rings. The number of halogens is 2. The second-order valence-electron chi connectivity index (χ2n) is 5.24. The minimum absolute atomic E-state index is 0.0618. The van der Waals surface area contributed by atoms with Gasteiger partial charge in [-0.3, -0.25) is 4.79 Å². The smallest absolute Gasteiger partial charge is 0.302 e. The van der Waals surface area contributed by atoms with E-state index in [1.54, 1.807) is 0 Å². The van der Waals surface area contributed by atoms with E-state index in [9.17, 15) is 21.5 Å². The minimum Gasteiger partial charge on any atom is -0.491 e. The first-order valence-corrected chi connectivity index (χ1v) is 8.50. The molecule has 0 aromatic heterocycles. The molecule has 0 N–H and O–H groups in total. The Balaban J connectivity index is 2.22. The van der Waals surface area contributed by atoms with Crippen LogP contribution in [0, 0.1) is 11.7 Å². The highest BCUT2D eigenvalue weighted by Crippen LogP contribution is 2.34. The van der Waals surface area contributed by atoms with Crippen LogP contribution in [0.1, 0.15) is 19.8 Å². The molecule has 1 amide bonds. The highest BCUT2D eigenvalue weighted by atomic mass is 32.3. The molecule has 0 bridgehead atoms. The Hall–Kier alpha value is -1.70. The number of benzene rings is 1. The normalized spacial score (nSPS) is 18.8. The monoisotopic (exact) mass is 333 g/mol. The molecule has 22 heavy (non-hydrogen) atoms. The number of carbonyl (C=O) groups is 1. The van der Waals surface area contributed by atoms with Crippen LogP contribution in [0.25, 0.3) is 0 Å². The van der Waals surface area contributed by atoms with Gasteiger partial charge in [0.15, 0.2) is 0 Å². The number of hydrogen-bond donors (Lipinski definition) is 0. The summed E-state index contributed by atoms with van der Waals surface area (Å²) in [4.78, 5) is 13.4. The third kappa shape index (κ3) is 4.16. The van der Waals surface area contributed by atoms with Gasteiger partial charge in [0.1, 0.15) is 11.6 Å². The molecule has 1 aromatic carbocycles. The van der Waals surface area contributed by atoms with Crippen LogP contribution in [-0.4, -0.2) is 33.2 Å². The first kappa shape index (κ1) is 16.7. The van der Waals surface area contributed by atoms with E-state index in [-0.39, 0.29) is 24.6 Å². The van der Waals surface area contributed by atoms with E-state index in [1.807, 2.05) is 6.92 Å². The van der Waals surface area contributed by atoms with E-state index < -0.39 is 27.7 Å². The van der Waals surface area contributed by atoms with Gasteiger partial charge in [0.2, 0.25) is 5.91 Å². The summed E-state index contributed by atoms with van der Waals surface area (Å²) in [7, 11) is -4.64. The van der Waals surface area contributed by atoms with Gasteiger partial charge in [-0.15, -0.1) is 3.89 Å². The fraction of sp³-hybridized carbons (Fsp3) is 0.500. The molecule has 1 saturated heterocycles. The summed E-state index contributed by atoms with van der Waals surface area (Å²) < 4.78 is 53.0. The van der Waals surface area contributed by atoms with Crippen LogP contribution in [-0.2, 0) is 15.0 Å². The van der Waals surface area contributed by atoms with Crippen LogP contribution in [0.2, 0.25) is 0 Å². The van der Waals surface area contributed by atoms with Crippen molar-refractivity contribution in [2.45, 2.75) is 19.8 Å². The standard InChI is InChI=1S/C14H17F2NO4S/c1-2-5-21-13-7-11(15)3-4-12(13)17-8-10(6-14(17)18)9-22(16,19)20/h3-4,7,10H,2,5-6,8-9H2,1H3. The van der Waals surface area contributed by atoms with Crippen LogP contribution in [0.15, 0.2) is 18.2 Å². The molecule has 1 heterocycles. The number of rotatable bonds is 6. The highest BCUT2D eigenvalue weighted by Gasteiger charge is 2.35. The van der Waals surface area contributed by atoms with Crippen LogP contribution in [0.4, 0.5) is 14.0 Å². The second-order valence-corrected chi connectivity index (χ2v) is 6.65. The molecule has 5 nitrogen and oxygen atoms in total. The predicted octanol–water partition coefficient (Wildman–Crippen LogP) is 2.27. The van der Waals surface area contributed by atoms with E-state index >= 15 is 0 Å². The van der Waals surface area contributed by atoms with Gasteiger partial charge in [-0.2, -0.15) is 8.42 Å². The predicted molar refractivity (Wildman–Crippen MR) is 77.5 cm³/mol. The minimum atomic E-state index is -4.64. The van der Waals surface area contributed by atoms with Crippen molar-refractivity contribution < 1.29 is 26.2 Å². The van der Waals surface area contributed by atoms with Crippen molar-refractivity contribution in [3.8, 4) is 5.75 Å². The lowest BCUT2D eigenvalue weighted by Gasteiger charge is -2.20. The van der Waals surface area contributed by atoms with Crippen LogP contribution in [0.3, 0.4) is 0 Å². The molecule has 1 unspecified atom stereocenters. The molecule has 1 fully saturated rings. The van der Waals surface area contributed by atoms with Crippen LogP contribution < -0.4 is 9.64 Å². The lowest BCUT2D eigenvalue weighted by molar-refractivity contribution is -0.117. The first-order chi connectivity index (χ1) is 10.3. The Labute approximate surface area is 128 Å². The third-order valence-corrected chi connectivity index (χ3v) is 4.18. The summed E-state index contributed by atoms with van der Waals surface area (Å²) in [6, 6.07) is 3.78. The molecule has 2 rings (SSSR count). The SMILES string of the molecule is CCCOc1cc(F)ccc1N1CC(CS(=O)(=O)F)CC1=O. The molecule has 0 aliphatic carbocycles. The van der Waals surface area contributed by atoms with Crippen LogP contribution >= 0.6 is 0 Å². The molecule has 1 aliphatic heterocycles. The molecule has 1 aliphatic rings. The van der Waals surface area contributed by atoms with Crippen LogP contribution in [0.5, 0.6) is 5.75 Å². The van der Waals surface area contributed by atoms with E-state index in [4.69, 9.17) is 4.74 Å². The van der Waals surface area contributed by atoms with Gasteiger partial charge < -0.3 is 9.64 Å². The zero-order valence-electron chi connectivity index (χ0n) is 12.1. The number of nitrogens with zero attached hydrogens (tertiary/aromatic N) is 1. The van der Waals surface area contributed by atoms with Crippen molar-refractivity contribution in [3.63, 3.8) is 0 Å². The van der Waals surface area contributed by atoms with Crippen molar-refractivity contribution in [1.82, 2.24) is 0 Å². The average Bonchev–Trinajstić information content (AvgIpc) is 2.75. The fourth-order valence-electron chi connectivity index (χ4n) is 2.45. The van der Waals surface area contributed by atoms with Crippen molar-refractivity contribution >= 4 is 21.8 Å². The third-order valence-electron chi connectivity index (χ3n) is 3.31. The molecule has 0 saturated carbocycles. The van der Waals surface area contributed by atoms with Gasteiger partial charge in [-0.1, -0.05) is 6.92 Å². The number of anilines is 1. The van der Waals surface area contributed by atoms with Crippen molar-refractivity contribution in [2.24, 2.45) is 5.92 Å². The molecule has 1 atom stereocenters. The van der Waals surface area contributed by atoms with Gasteiger partial charge in [-0.05, 0) is 18.6 Å². The second kappa shape index (κ2) is 6.60. The lowest BCUT2D eigenvalue weighted by Crippen LogP contribution is -2.26. The molecule has 0 radical (unpaired) electrons. The summed E-state index contributed by atoms with van der Waals surface area (Å²) in [5, 5.41) is 0. The van der Waals surface area contributed by atoms with E-state index in [0.29, 0.717) is 18.7 Å². The summed E-state index contributed by atoms with van der Waals surface area (Å²) in [6.45, 7) is 2.32. The molecular weight excluding hydrogens is 316 g/mol. The van der Waals surface area contributed by atoms with E-state index in [2.05, 4.69) is 0 Å². The zero-order chi connectivity index (χ0) is 16.3. The van der Waals surface area contributed by atoms with Crippen molar-refractivity contribution in [3.05, 3.63) is 24.0 Å². The topological polar surface area (TPSA) is 63.7 Å². The van der Waals surface area contributed by atoms with Crippen molar-refractivity contribution in [1.29, 1.82) is 0 Å². The van der Waals surface area contributed by atoms with Gasteiger partial charge in [0.05, 0.1) is 18.0 Å². The largest absolute Gasteiger partial charge is 0.491 e. The van der Waals surface area contributed by atoms with Gasteiger partial charge >= 0.3 is 10.2 Å². The summed E-state index contributed by atoms with van der Waals surface area (Å²) in [5.41, 5.74) is 0.374. The summed E-state index contributed by atoms with van der Waals surface area (Å²) in [6.07, 6.45) is 0.653. The Morgan fingerprint density at radius 1 is 1.41 bits per heavy atom. The maximum atomic E-state index is 13.3. The Morgan fingerprint density at radius 3 is 2.77 bits per heavy atom. The Bertz CT molecular complexity index is 663. The van der Waals surface area contributed by atoms with Gasteiger partial charge in [0.25, 0.3) is 0 Å². The molecular formula is C14H17F2NO4S.